The van der Waals surface area contributed by atoms with E-state index in [9.17, 15) is 4.79 Å². The molecular weight excluding hydrogens is 240 g/mol. The summed E-state index contributed by atoms with van der Waals surface area (Å²) in [7, 11) is 0. The maximum atomic E-state index is 12.2. The summed E-state index contributed by atoms with van der Waals surface area (Å²) in [6, 6.07) is 6.77. The van der Waals surface area contributed by atoms with Crippen molar-refractivity contribution in [1.82, 2.24) is 9.55 Å². The lowest BCUT2D eigenvalue weighted by atomic mass is 10.2. The zero-order valence-corrected chi connectivity index (χ0v) is 11.3. The highest BCUT2D eigenvalue weighted by molar-refractivity contribution is 5.93. The third-order valence-electron chi connectivity index (χ3n) is 3.26. The Balaban J connectivity index is 2.11. The lowest BCUT2D eigenvalue weighted by molar-refractivity contribution is -0.118. The van der Waals surface area contributed by atoms with E-state index >= 15 is 0 Å². The Bertz CT molecular complexity index is 586. The topological polar surface area (TPSA) is 72.9 Å². The molecule has 19 heavy (non-hydrogen) atoms. The van der Waals surface area contributed by atoms with Crippen LogP contribution in [0.4, 0.5) is 11.4 Å². The number of amides is 1. The standard InChI is InChI=1S/C14H18N4O/c1-9-10(2)18(8-16-9)11(3)14(19)17-13-6-4-12(15)5-7-13/h4-8,11H,15H2,1-3H3,(H,17,19). The third-order valence-corrected chi connectivity index (χ3v) is 3.26. The van der Waals surface area contributed by atoms with E-state index in [4.69, 9.17) is 5.73 Å². The molecule has 1 atom stereocenters. The summed E-state index contributed by atoms with van der Waals surface area (Å²) in [4.78, 5) is 16.4. The van der Waals surface area contributed by atoms with Crippen molar-refractivity contribution in [3.8, 4) is 0 Å². The molecule has 0 saturated heterocycles. The summed E-state index contributed by atoms with van der Waals surface area (Å²) in [6.45, 7) is 5.73. The van der Waals surface area contributed by atoms with E-state index < -0.39 is 0 Å². The molecule has 0 aliphatic carbocycles. The maximum absolute atomic E-state index is 12.2. The van der Waals surface area contributed by atoms with Crippen LogP contribution in [-0.2, 0) is 4.79 Å². The van der Waals surface area contributed by atoms with Gasteiger partial charge in [-0.2, -0.15) is 0 Å². The average molecular weight is 258 g/mol. The average Bonchev–Trinajstić information content (AvgIpc) is 2.72. The number of benzene rings is 1. The number of hydrogen-bond acceptors (Lipinski definition) is 3. The minimum absolute atomic E-state index is 0.0785. The van der Waals surface area contributed by atoms with E-state index in [1.165, 1.54) is 0 Å². The van der Waals surface area contributed by atoms with Crippen LogP contribution in [0.5, 0.6) is 0 Å². The molecule has 0 aliphatic heterocycles. The number of nitrogens with one attached hydrogen (secondary N) is 1. The van der Waals surface area contributed by atoms with Gasteiger partial charge in [-0.05, 0) is 45.0 Å². The number of aromatic nitrogens is 2. The summed E-state index contributed by atoms with van der Waals surface area (Å²) < 4.78 is 1.86. The van der Waals surface area contributed by atoms with Crippen molar-refractivity contribution in [2.24, 2.45) is 0 Å². The quantitative estimate of drug-likeness (QED) is 0.829. The van der Waals surface area contributed by atoms with E-state index in [-0.39, 0.29) is 11.9 Å². The molecule has 5 heteroatoms. The molecule has 100 valence electrons. The monoisotopic (exact) mass is 258 g/mol. The summed E-state index contributed by atoms with van der Waals surface area (Å²) in [5.41, 5.74) is 8.95. The fourth-order valence-electron chi connectivity index (χ4n) is 1.85. The van der Waals surface area contributed by atoms with E-state index in [0.717, 1.165) is 17.1 Å². The first kappa shape index (κ1) is 13.1. The van der Waals surface area contributed by atoms with Crippen LogP contribution in [0.3, 0.4) is 0 Å². The molecule has 0 saturated carbocycles. The molecule has 1 unspecified atom stereocenters. The van der Waals surface area contributed by atoms with Gasteiger partial charge in [0.25, 0.3) is 0 Å². The van der Waals surface area contributed by atoms with E-state index in [0.29, 0.717) is 5.69 Å². The van der Waals surface area contributed by atoms with Crippen molar-refractivity contribution >= 4 is 17.3 Å². The van der Waals surface area contributed by atoms with Gasteiger partial charge in [0.2, 0.25) is 5.91 Å². The first-order valence-electron chi connectivity index (χ1n) is 6.15. The van der Waals surface area contributed by atoms with Crippen molar-refractivity contribution in [2.75, 3.05) is 11.1 Å². The molecule has 3 N–H and O–H groups in total. The first-order chi connectivity index (χ1) is 8.99. The number of nitrogens with zero attached hydrogens (tertiary/aromatic N) is 2. The molecule has 2 rings (SSSR count). The highest BCUT2D eigenvalue weighted by Crippen LogP contribution is 2.16. The van der Waals surface area contributed by atoms with Gasteiger partial charge in [0.15, 0.2) is 0 Å². The lowest BCUT2D eigenvalue weighted by Crippen LogP contribution is -2.24. The second kappa shape index (κ2) is 5.14. The number of nitrogens with two attached hydrogens (primary N) is 1. The van der Waals surface area contributed by atoms with Crippen LogP contribution in [0.1, 0.15) is 24.4 Å². The highest BCUT2D eigenvalue weighted by Gasteiger charge is 2.17. The second-order valence-electron chi connectivity index (χ2n) is 4.61. The van der Waals surface area contributed by atoms with E-state index in [1.54, 1.807) is 30.6 Å². The summed E-state index contributed by atoms with van der Waals surface area (Å²) >= 11 is 0. The predicted molar refractivity (Wildman–Crippen MR) is 75.9 cm³/mol. The minimum atomic E-state index is -0.307. The van der Waals surface area contributed by atoms with Gasteiger partial charge >= 0.3 is 0 Å². The SMILES string of the molecule is Cc1ncn(C(C)C(=O)Nc2ccc(N)cc2)c1C. The van der Waals surface area contributed by atoms with Gasteiger partial charge in [0.05, 0.1) is 12.0 Å². The minimum Gasteiger partial charge on any atom is -0.399 e. The fraction of sp³-hybridized carbons (Fsp3) is 0.286. The Kier molecular flexibility index (Phi) is 3.55. The van der Waals surface area contributed by atoms with Crippen LogP contribution in [0.25, 0.3) is 0 Å². The van der Waals surface area contributed by atoms with Crippen LogP contribution in [0.2, 0.25) is 0 Å². The Morgan fingerprint density at radius 1 is 1.32 bits per heavy atom. The second-order valence-corrected chi connectivity index (χ2v) is 4.61. The number of hydrogen-bond donors (Lipinski definition) is 2. The molecule has 0 spiro atoms. The summed E-state index contributed by atoms with van der Waals surface area (Å²) in [5, 5.41) is 2.86. The third kappa shape index (κ3) is 2.76. The number of carbonyl (C=O) groups excluding carboxylic acids is 1. The summed E-state index contributed by atoms with van der Waals surface area (Å²) in [5.74, 6) is -0.0785. The first-order valence-corrected chi connectivity index (χ1v) is 6.15. The zero-order chi connectivity index (χ0) is 14.0. The van der Waals surface area contributed by atoms with Crippen molar-refractivity contribution in [2.45, 2.75) is 26.8 Å². The van der Waals surface area contributed by atoms with Gasteiger partial charge in [-0.1, -0.05) is 0 Å². The van der Waals surface area contributed by atoms with Crippen LogP contribution in [0.15, 0.2) is 30.6 Å². The Hall–Kier alpha value is -2.30. The Morgan fingerprint density at radius 2 is 1.95 bits per heavy atom. The number of imidazole rings is 1. The van der Waals surface area contributed by atoms with Gasteiger partial charge in [0.1, 0.15) is 6.04 Å². The number of nitrogen functional groups attached to an aromatic ring is 1. The number of carbonyl (C=O) groups is 1. The normalized spacial score (nSPS) is 12.2. The molecule has 0 radical (unpaired) electrons. The molecule has 0 bridgehead atoms. The van der Waals surface area contributed by atoms with Gasteiger partial charge < -0.3 is 15.6 Å². The Labute approximate surface area is 112 Å². The van der Waals surface area contributed by atoms with Crippen LogP contribution in [0, 0.1) is 13.8 Å². The Morgan fingerprint density at radius 3 is 2.47 bits per heavy atom. The molecule has 1 aromatic heterocycles. The molecule has 5 nitrogen and oxygen atoms in total. The molecule has 1 heterocycles. The number of rotatable bonds is 3. The van der Waals surface area contributed by atoms with E-state index in [2.05, 4.69) is 10.3 Å². The highest BCUT2D eigenvalue weighted by atomic mass is 16.2. The smallest absolute Gasteiger partial charge is 0.247 e. The zero-order valence-electron chi connectivity index (χ0n) is 11.3. The van der Waals surface area contributed by atoms with Crippen molar-refractivity contribution in [1.29, 1.82) is 0 Å². The van der Waals surface area contributed by atoms with Gasteiger partial charge in [-0.25, -0.2) is 4.98 Å². The van der Waals surface area contributed by atoms with Crippen LogP contribution >= 0.6 is 0 Å². The van der Waals surface area contributed by atoms with Crippen LogP contribution in [-0.4, -0.2) is 15.5 Å². The van der Waals surface area contributed by atoms with Crippen molar-refractivity contribution < 1.29 is 4.79 Å². The number of aryl methyl sites for hydroxylation is 1. The maximum Gasteiger partial charge on any atom is 0.247 e. The van der Waals surface area contributed by atoms with Gasteiger partial charge in [-0.15, -0.1) is 0 Å². The van der Waals surface area contributed by atoms with Gasteiger partial charge in [-0.3, -0.25) is 4.79 Å². The van der Waals surface area contributed by atoms with Crippen molar-refractivity contribution in [3.63, 3.8) is 0 Å². The molecule has 1 amide bonds. The lowest BCUT2D eigenvalue weighted by Gasteiger charge is -2.15. The van der Waals surface area contributed by atoms with Gasteiger partial charge in [0, 0.05) is 17.1 Å². The van der Waals surface area contributed by atoms with Crippen LogP contribution < -0.4 is 11.1 Å². The largest absolute Gasteiger partial charge is 0.399 e. The van der Waals surface area contributed by atoms with E-state index in [1.807, 2.05) is 25.3 Å². The molecule has 1 aromatic carbocycles. The molecule has 0 fully saturated rings. The fourth-order valence-corrected chi connectivity index (χ4v) is 1.85. The molecule has 2 aromatic rings. The molecule has 0 aliphatic rings. The summed E-state index contributed by atoms with van der Waals surface area (Å²) in [6.07, 6.45) is 1.69. The predicted octanol–water partition coefficient (Wildman–Crippen LogP) is 2.28. The number of anilines is 2. The molecular formula is C14H18N4O. The van der Waals surface area contributed by atoms with Crippen molar-refractivity contribution in [3.05, 3.63) is 42.0 Å².